The van der Waals surface area contributed by atoms with Crippen LogP contribution in [0.3, 0.4) is 0 Å². The molecule has 3 aromatic carbocycles. The SMILES string of the molecule is Cc1ccc(C(Cl)(Cl)Cl)c(S(=O)(=O)c2ccccc2)c1S(=O)(=O)c1ccccc1. The Morgan fingerprint density at radius 3 is 1.45 bits per heavy atom. The van der Waals surface area contributed by atoms with Crippen molar-refractivity contribution in [2.24, 2.45) is 0 Å². The molecule has 3 aromatic rings. The van der Waals surface area contributed by atoms with E-state index in [9.17, 15) is 16.8 Å². The predicted octanol–water partition coefficient (Wildman–Crippen LogP) is 5.49. The number of benzene rings is 3. The molecule has 0 heterocycles. The Hall–Kier alpha value is -1.57. The minimum atomic E-state index is -4.33. The second-order valence-corrected chi connectivity index (χ2v) is 12.3. The highest BCUT2D eigenvalue weighted by molar-refractivity contribution is 7.94. The summed E-state index contributed by atoms with van der Waals surface area (Å²) >= 11 is 18.1. The third kappa shape index (κ3) is 4.18. The highest BCUT2D eigenvalue weighted by Crippen LogP contribution is 2.46. The molecule has 152 valence electrons. The maximum absolute atomic E-state index is 13.5. The smallest absolute Gasteiger partial charge is 0.217 e. The number of halogens is 3. The highest BCUT2D eigenvalue weighted by atomic mass is 35.6. The van der Waals surface area contributed by atoms with E-state index in [2.05, 4.69) is 0 Å². The summed E-state index contributed by atoms with van der Waals surface area (Å²) in [4.78, 5) is -1.11. The van der Waals surface area contributed by atoms with Crippen LogP contribution in [0.5, 0.6) is 0 Å². The fourth-order valence-corrected chi connectivity index (χ4v) is 7.48. The van der Waals surface area contributed by atoms with Crippen LogP contribution in [0.4, 0.5) is 0 Å². The molecule has 3 rings (SSSR count). The zero-order chi connectivity index (χ0) is 21.4. The van der Waals surface area contributed by atoms with E-state index in [0.717, 1.165) is 0 Å². The molecule has 0 radical (unpaired) electrons. The van der Waals surface area contributed by atoms with Crippen molar-refractivity contribution in [2.45, 2.75) is 30.3 Å². The summed E-state index contributed by atoms with van der Waals surface area (Å²) in [5, 5.41) is 0. The number of hydrogen-bond acceptors (Lipinski definition) is 4. The van der Waals surface area contributed by atoms with Crippen LogP contribution in [-0.4, -0.2) is 16.8 Å². The van der Waals surface area contributed by atoms with Gasteiger partial charge in [0.1, 0.15) is 0 Å². The van der Waals surface area contributed by atoms with Crippen LogP contribution in [0, 0.1) is 6.92 Å². The summed E-state index contributed by atoms with van der Waals surface area (Å²) in [5.41, 5.74) is -0.00665. The number of sulfone groups is 2. The average molecular weight is 490 g/mol. The maximum Gasteiger partial charge on any atom is 0.217 e. The van der Waals surface area contributed by atoms with E-state index >= 15 is 0 Å². The van der Waals surface area contributed by atoms with Crippen LogP contribution in [0.15, 0.2) is 92.4 Å². The van der Waals surface area contributed by atoms with Gasteiger partial charge in [0.25, 0.3) is 0 Å². The lowest BCUT2D eigenvalue weighted by Gasteiger charge is -2.21. The molecule has 0 fully saturated rings. The molecule has 0 aromatic heterocycles. The van der Waals surface area contributed by atoms with Crippen LogP contribution in [0.1, 0.15) is 11.1 Å². The molecule has 4 nitrogen and oxygen atoms in total. The summed E-state index contributed by atoms with van der Waals surface area (Å²) in [6.45, 7) is 1.50. The topological polar surface area (TPSA) is 68.3 Å². The lowest BCUT2D eigenvalue weighted by atomic mass is 10.2. The zero-order valence-electron chi connectivity index (χ0n) is 15.0. The second-order valence-electron chi connectivity index (χ2n) is 6.22. The highest BCUT2D eigenvalue weighted by Gasteiger charge is 2.39. The van der Waals surface area contributed by atoms with Gasteiger partial charge in [0.15, 0.2) is 0 Å². The molecule has 0 aliphatic carbocycles. The first-order valence-corrected chi connectivity index (χ1v) is 12.4. The Morgan fingerprint density at radius 2 is 1.03 bits per heavy atom. The largest absolute Gasteiger partial charge is 0.218 e. The minimum Gasteiger partial charge on any atom is -0.218 e. The summed E-state index contributed by atoms with van der Waals surface area (Å²) < 4.78 is 51.7. The molecule has 0 saturated heterocycles. The van der Waals surface area contributed by atoms with Crippen molar-refractivity contribution in [3.05, 3.63) is 83.9 Å². The van der Waals surface area contributed by atoms with Gasteiger partial charge in [-0.3, -0.25) is 0 Å². The molecule has 0 aliphatic rings. The molecule has 0 unspecified atom stereocenters. The van der Waals surface area contributed by atoms with Crippen molar-refractivity contribution in [1.29, 1.82) is 0 Å². The predicted molar refractivity (Wildman–Crippen MR) is 114 cm³/mol. The number of alkyl halides is 3. The summed E-state index contributed by atoms with van der Waals surface area (Å²) in [5.74, 6) is 0. The van der Waals surface area contributed by atoms with Crippen LogP contribution < -0.4 is 0 Å². The van der Waals surface area contributed by atoms with Gasteiger partial charge in [-0.25, -0.2) is 16.8 Å². The van der Waals surface area contributed by atoms with Gasteiger partial charge in [0.2, 0.25) is 23.5 Å². The Kier molecular flexibility index (Phi) is 6.05. The lowest BCUT2D eigenvalue weighted by Crippen LogP contribution is -2.18. The number of rotatable bonds is 4. The average Bonchev–Trinajstić information content (AvgIpc) is 2.68. The molecule has 0 aliphatic heterocycles. The van der Waals surface area contributed by atoms with Crippen molar-refractivity contribution >= 4 is 54.5 Å². The van der Waals surface area contributed by atoms with E-state index in [0.29, 0.717) is 0 Å². The third-order valence-corrected chi connectivity index (χ3v) is 8.81. The summed E-state index contributed by atoms with van der Waals surface area (Å²) in [6, 6.07) is 17.7. The molecule has 0 N–H and O–H groups in total. The fourth-order valence-electron chi connectivity index (χ4n) is 2.92. The number of aryl methyl sites for hydroxylation is 1. The fraction of sp³-hybridized carbons (Fsp3) is 0.100. The van der Waals surface area contributed by atoms with Crippen molar-refractivity contribution < 1.29 is 16.8 Å². The van der Waals surface area contributed by atoms with Crippen LogP contribution >= 0.6 is 34.8 Å². The maximum atomic E-state index is 13.5. The van der Waals surface area contributed by atoms with Gasteiger partial charge in [0, 0.05) is 5.56 Å². The Bertz CT molecular complexity index is 1250. The van der Waals surface area contributed by atoms with Crippen molar-refractivity contribution in [1.82, 2.24) is 0 Å². The third-order valence-electron chi connectivity index (χ3n) is 4.26. The minimum absolute atomic E-state index is 0.0610. The van der Waals surface area contributed by atoms with E-state index in [1.165, 1.54) is 55.5 Å². The molecular weight excluding hydrogens is 475 g/mol. The van der Waals surface area contributed by atoms with Gasteiger partial charge in [-0.1, -0.05) is 83.3 Å². The first-order chi connectivity index (χ1) is 13.5. The van der Waals surface area contributed by atoms with E-state index in [-0.39, 0.29) is 20.9 Å². The van der Waals surface area contributed by atoms with Crippen LogP contribution in [0.2, 0.25) is 0 Å². The second kappa shape index (κ2) is 7.93. The van der Waals surface area contributed by atoms with E-state index in [4.69, 9.17) is 34.8 Å². The first kappa shape index (κ1) is 22.1. The monoisotopic (exact) mass is 488 g/mol. The lowest BCUT2D eigenvalue weighted by molar-refractivity contribution is 0.580. The van der Waals surface area contributed by atoms with Gasteiger partial charge in [-0.15, -0.1) is 0 Å². The molecule has 9 heteroatoms. The van der Waals surface area contributed by atoms with Gasteiger partial charge in [0.05, 0.1) is 19.6 Å². The van der Waals surface area contributed by atoms with Crippen LogP contribution in [0.25, 0.3) is 0 Å². The first-order valence-electron chi connectivity index (χ1n) is 8.28. The number of hydrogen-bond donors (Lipinski definition) is 0. The Morgan fingerprint density at radius 1 is 0.621 bits per heavy atom. The quantitative estimate of drug-likeness (QED) is 0.455. The van der Waals surface area contributed by atoms with E-state index < -0.39 is 33.3 Å². The molecule has 0 atom stereocenters. The van der Waals surface area contributed by atoms with Gasteiger partial charge in [-0.05, 0) is 36.8 Å². The zero-order valence-corrected chi connectivity index (χ0v) is 18.9. The summed E-state index contributed by atoms with van der Waals surface area (Å²) in [6.07, 6.45) is 0. The standard InChI is InChI=1S/C20H15Cl3O4S2/c1-14-12-13-17(20(21,22)23)19(29(26,27)16-10-6-3-7-11-16)18(14)28(24,25)15-8-4-2-5-9-15/h2-13H,1H3. The molecular formula is C20H15Cl3O4S2. The molecule has 0 amide bonds. The van der Waals surface area contributed by atoms with Crippen molar-refractivity contribution in [3.63, 3.8) is 0 Å². The van der Waals surface area contributed by atoms with Gasteiger partial charge < -0.3 is 0 Å². The molecule has 0 bridgehead atoms. The van der Waals surface area contributed by atoms with Gasteiger partial charge >= 0.3 is 0 Å². The van der Waals surface area contributed by atoms with Crippen molar-refractivity contribution in [2.75, 3.05) is 0 Å². The normalized spacial score (nSPS) is 12.7. The van der Waals surface area contributed by atoms with E-state index in [1.54, 1.807) is 24.3 Å². The Labute approximate surface area is 184 Å². The van der Waals surface area contributed by atoms with Gasteiger partial charge in [-0.2, -0.15) is 0 Å². The summed E-state index contributed by atoms with van der Waals surface area (Å²) in [7, 11) is -8.56. The molecule has 0 saturated carbocycles. The molecule has 0 spiro atoms. The van der Waals surface area contributed by atoms with E-state index in [1.807, 2.05) is 0 Å². The van der Waals surface area contributed by atoms with Crippen molar-refractivity contribution in [3.8, 4) is 0 Å². The Balaban J connectivity index is 2.49. The molecule has 29 heavy (non-hydrogen) atoms. The van der Waals surface area contributed by atoms with Crippen LogP contribution in [-0.2, 0) is 23.5 Å².